The highest BCUT2D eigenvalue weighted by Crippen LogP contribution is 2.34. The fourth-order valence-corrected chi connectivity index (χ4v) is 3.69. The average molecular weight is 424 g/mol. The first-order chi connectivity index (χ1) is 12.4. The van der Waals surface area contributed by atoms with Crippen molar-refractivity contribution in [1.82, 2.24) is 20.1 Å². The average Bonchev–Trinajstić information content (AvgIpc) is 3.12. The maximum atomic E-state index is 13.3. The van der Waals surface area contributed by atoms with E-state index in [4.69, 9.17) is 4.52 Å². The van der Waals surface area contributed by atoms with E-state index in [-0.39, 0.29) is 5.92 Å². The van der Waals surface area contributed by atoms with E-state index in [1.165, 1.54) is 0 Å². The summed E-state index contributed by atoms with van der Waals surface area (Å²) in [6.45, 7) is 2.22. The van der Waals surface area contributed by atoms with Crippen molar-refractivity contribution < 1.29 is 13.3 Å². The highest BCUT2D eigenvalue weighted by Gasteiger charge is 2.34. The van der Waals surface area contributed by atoms with Gasteiger partial charge in [0.15, 0.2) is 5.82 Å². The monoisotopic (exact) mass is 423 g/mol. The number of hydrogen-bond acceptors (Lipinski definition) is 6. The Hall–Kier alpha value is -2.16. The standard InChI is InChI=1S/C17H16BrF2N5O/c1-17(19,20)16-23-14(24-26-16)10-5-7-25(8-6-10)15-11-3-2-4-12(18)13(11)21-9-22-15/h2-4,9-10H,5-8H2,1H3. The largest absolute Gasteiger partial charge is 0.356 e. The van der Waals surface area contributed by atoms with Crippen LogP contribution in [0.25, 0.3) is 10.9 Å². The zero-order valence-electron chi connectivity index (χ0n) is 14.0. The van der Waals surface area contributed by atoms with Crippen molar-refractivity contribution in [2.24, 2.45) is 0 Å². The van der Waals surface area contributed by atoms with Gasteiger partial charge in [-0.2, -0.15) is 13.8 Å². The van der Waals surface area contributed by atoms with Crippen molar-refractivity contribution in [1.29, 1.82) is 0 Å². The molecule has 1 aliphatic heterocycles. The number of fused-ring (bicyclic) bond motifs is 1. The first-order valence-corrected chi connectivity index (χ1v) is 9.09. The fraction of sp³-hybridized carbons (Fsp3) is 0.412. The Bertz CT molecular complexity index is 934. The Labute approximate surface area is 156 Å². The molecule has 0 unspecified atom stereocenters. The number of benzene rings is 1. The lowest BCUT2D eigenvalue weighted by molar-refractivity contribution is -0.0158. The summed E-state index contributed by atoms with van der Waals surface area (Å²) in [6, 6.07) is 5.90. The third-order valence-electron chi connectivity index (χ3n) is 4.57. The normalized spacial score (nSPS) is 16.4. The van der Waals surface area contributed by atoms with Crippen LogP contribution in [0.1, 0.15) is 37.4 Å². The Morgan fingerprint density at radius 2 is 2.00 bits per heavy atom. The lowest BCUT2D eigenvalue weighted by atomic mass is 9.96. The minimum absolute atomic E-state index is 0.00550. The number of halogens is 3. The maximum absolute atomic E-state index is 13.3. The van der Waals surface area contributed by atoms with Gasteiger partial charge in [-0.25, -0.2) is 9.97 Å². The molecule has 0 saturated carbocycles. The molecule has 0 bridgehead atoms. The summed E-state index contributed by atoms with van der Waals surface area (Å²) in [5, 5.41) is 4.73. The van der Waals surface area contributed by atoms with E-state index >= 15 is 0 Å². The summed E-state index contributed by atoms with van der Waals surface area (Å²) in [6.07, 6.45) is 3.05. The van der Waals surface area contributed by atoms with Crippen LogP contribution in [0.4, 0.5) is 14.6 Å². The number of piperidine rings is 1. The molecule has 0 N–H and O–H groups in total. The molecule has 136 valence electrons. The Balaban J connectivity index is 1.52. The van der Waals surface area contributed by atoms with Crippen molar-refractivity contribution in [3.05, 3.63) is 40.7 Å². The maximum Gasteiger partial charge on any atom is 0.322 e. The lowest BCUT2D eigenvalue weighted by Crippen LogP contribution is -2.34. The molecule has 0 spiro atoms. The van der Waals surface area contributed by atoms with Crippen LogP contribution < -0.4 is 4.90 Å². The van der Waals surface area contributed by atoms with Crippen molar-refractivity contribution in [2.45, 2.75) is 31.6 Å². The molecule has 3 heterocycles. The summed E-state index contributed by atoms with van der Waals surface area (Å²) in [7, 11) is 0. The first-order valence-electron chi connectivity index (χ1n) is 8.29. The molecule has 1 saturated heterocycles. The number of aromatic nitrogens is 4. The van der Waals surface area contributed by atoms with Crippen LogP contribution in [-0.4, -0.2) is 33.2 Å². The van der Waals surface area contributed by atoms with Gasteiger partial charge in [0.25, 0.3) is 5.89 Å². The molecule has 0 aliphatic carbocycles. The Kier molecular flexibility index (Phi) is 4.34. The Morgan fingerprint density at radius 1 is 1.23 bits per heavy atom. The molecule has 0 amide bonds. The summed E-state index contributed by atoms with van der Waals surface area (Å²) in [4.78, 5) is 14.9. The molecule has 26 heavy (non-hydrogen) atoms. The van der Waals surface area contributed by atoms with Gasteiger partial charge in [-0.1, -0.05) is 11.2 Å². The molecule has 4 rings (SSSR count). The van der Waals surface area contributed by atoms with Crippen LogP contribution >= 0.6 is 15.9 Å². The quantitative estimate of drug-likeness (QED) is 0.626. The van der Waals surface area contributed by atoms with Crippen molar-refractivity contribution in [3.63, 3.8) is 0 Å². The number of rotatable bonds is 3. The lowest BCUT2D eigenvalue weighted by Gasteiger charge is -2.32. The van der Waals surface area contributed by atoms with Gasteiger partial charge >= 0.3 is 5.92 Å². The minimum atomic E-state index is -3.11. The van der Waals surface area contributed by atoms with Gasteiger partial charge in [-0.3, -0.25) is 0 Å². The van der Waals surface area contributed by atoms with Gasteiger partial charge in [0, 0.05) is 35.8 Å². The third-order valence-corrected chi connectivity index (χ3v) is 5.21. The summed E-state index contributed by atoms with van der Waals surface area (Å²) >= 11 is 3.52. The van der Waals surface area contributed by atoms with Crippen LogP contribution in [0.3, 0.4) is 0 Å². The highest BCUT2D eigenvalue weighted by molar-refractivity contribution is 9.10. The predicted octanol–water partition coefficient (Wildman–Crippen LogP) is 4.27. The smallest absolute Gasteiger partial charge is 0.322 e. The van der Waals surface area contributed by atoms with Gasteiger partial charge < -0.3 is 9.42 Å². The molecule has 3 aromatic rings. The van der Waals surface area contributed by atoms with Crippen LogP contribution in [0.15, 0.2) is 33.5 Å². The van der Waals surface area contributed by atoms with Crippen LogP contribution in [0, 0.1) is 0 Å². The van der Waals surface area contributed by atoms with Crippen LogP contribution in [-0.2, 0) is 5.92 Å². The third kappa shape index (κ3) is 3.15. The molecule has 1 aliphatic rings. The summed E-state index contributed by atoms with van der Waals surface area (Å²) < 4.78 is 32.2. The van der Waals surface area contributed by atoms with Gasteiger partial charge in [-0.15, -0.1) is 0 Å². The zero-order valence-corrected chi connectivity index (χ0v) is 15.6. The van der Waals surface area contributed by atoms with E-state index in [1.54, 1.807) is 6.33 Å². The van der Waals surface area contributed by atoms with E-state index in [1.807, 2.05) is 18.2 Å². The van der Waals surface area contributed by atoms with Crippen LogP contribution in [0.5, 0.6) is 0 Å². The summed E-state index contributed by atoms with van der Waals surface area (Å²) in [5.41, 5.74) is 0.868. The number of nitrogens with zero attached hydrogens (tertiary/aromatic N) is 5. The zero-order chi connectivity index (χ0) is 18.3. The molecule has 1 fully saturated rings. The van der Waals surface area contributed by atoms with E-state index in [9.17, 15) is 8.78 Å². The van der Waals surface area contributed by atoms with E-state index in [0.717, 1.165) is 54.0 Å². The second-order valence-electron chi connectivity index (χ2n) is 6.44. The number of hydrogen-bond donors (Lipinski definition) is 0. The van der Waals surface area contributed by atoms with Crippen molar-refractivity contribution in [2.75, 3.05) is 18.0 Å². The van der Waals surface area contributed by atoms with Crippen LogP contribution in [0.2, 0.25) is 0 Å². The topological polar surface area (TPSA) is 67.9 Å². The second kappa shape index (κ2) is 6.53. The SMILES string of the molecule is CC(F)(F)c1nc(C2CCN(c3ncnc4c(Br)cccc34)CC2)no1. The van der Waals surface area contributed by atoms with Gasteiger partial charge in [-0.05, 0) is 40.9 Å². The van der Waals surface area contributed by atoms with E-state index in [0.29, 0.717) is 5.82 Å². The highest BCUT2D eigenvalue weighted by atomic mass is 79.9. The molecular weight excluding hydrogens is 408 g/mol. The Morgan fingerprint density at radius 3 is 2.69 bits per heavy atom. The van der Waals surface area contributed by atoms with E-state index < -0.39 is 11.8 Å². The molecule has 0 radical (unpaired) electrons. The molecule has 9 heteroatoms. The molecule has 6 nitrogen and oxygen atoms in total. The van der Waals surface area contributed by atoms with Crippen molar-refractivity contribution >= 4 is 32.7 Å². The second-order valence-corrected chi connectivity index (χ2v) is 7.30. The fourth-order valence-electron chi connectivity index (χ4n) is 3.22. The van der Waals surface area contributed by atoms with Gasteiger partial charge in [0.1, 0.15) is 12.1 Å². The van der Waals surface area contributed by atoms with Gasteiger partial charge in [0.2, 0.25) is 0 Å². The summed E-state index contributed by atoms with van der Waals surface area (Å²) in [5.74, 6) is -2.49. The number of alkyl halides is 2. The molecular formula is C17H16BrF2N5O. The minimum Gasteiger partial charge on any atom is -0.356 e. The molecule has 0 atom stereocenters. The van der Waals surface area contributed by atoms with Gasteiger partial charge in [0.05, 0.1) is 5.52 Å². The molecule has 1 aromatic carbocycles. The first kappa shape index (κ1) is 17.3. The number of anilines is 1. The van der Waals surface area contributed by atoms with E-state index in [2.05, 4.69) is 40.9 Å². The number of para-hydroxylation sites is 1. The molecule has 2 aromatic heterocycles. The van der Waals surface area contributed by atoms with Crippen molar-refractivity contribution in [3.8, 4) is 0 Å². The predicted molar refractivity (Wildman–Crippen MR) is 95.3 cm³/mol.